The molecule has 0 saturated carbocycles. The van der Waals surface area contributed by atoms with Crippen LogP contribution in [0.15, 0.2) is 10.8 Å². The van der Waals surface area contributed by atoms with Gasteiger partial charge in [-0.2, -0.15) is 12.6 Å². The van der Waals surface area contributed by atoms with E-state index in [1.54, 1.807) is 11.1 Å². The SMILES string of the molecule is COc1nc(Br)cnc1N1CC(CS)CC1=O. The van der Waals surface area contributed by atoms with E-state index in [4.69, 9.17) is 4.74 Å². The molecule has 92 valence electrons. The normalized spacial score (nSPS) is 19.8. The number of hydrogen-bond donors (Lipinski definition) is 1. The zero-order valence-electron chi connectivity index (χ0n) is 9.26. The number of rotatable bonds is 3. The van der Waals surface area contributed by atoms with Crippen LogP contribution in [0.5, 0.6) is 5.88 Å². The number of ether oxygens (including phenoxy) is 1. The Morgan fingerprint density at radius 1 is 1.71 bits per heavy atom. The van der Waals surface area contributed by atoms with Gasteiger partial charge in [0.1, 0.15) is 4.60 Å². The van der Waals surface area contributed by atoms with Gasteiger partial charge >= 0.3 is 0 Å². The number of thiol groups is 1. The summed E-state index contributed by atoms with van der Waals surface area (Å²) in [6, 6.07) is 0. The van der Waals surface area contributed by atoms with Crippen molar-refractivity contribution in [2.75, 3.05) is 24.3 Å². The Labute approximate surface area is 113 Å². The maximum absolute atomic E-state index is 11.9. The van der Waals surface area contributed by atoms with Crippen LogP contribution in [-0.2, 0) is 4.79 Å². The zero-order valence-corrected chi connectivity index (χ0v) is 11.7. The summed E-state index contributed by atoms with van der Waals surface area (Å²) in [5, 5.41) is 0. The van der Waals surface area contributed by atoms with E-state index in [0.717, 1.165) is 0 Å². The van der Waals surface area contributed by atoms with Gasteiger partial charge in [0.25, 0.3) is 5.88 Å². The molecule has 1 fully saturated rings. The Hall–Kier alpha value is -0.820. The Morgan fingerprint density at radius 2 is 2.47 bits per heavy atom. The van der Waals surface area contributed by atoms with Crippen molar-refractivity contribution in [1.82, 2.24) is 9.97 Å². The minimum absolute atomic E-state index is 0.0407. The number of carbonyl (C=O) groups excluding carboxylic acids is 1. The smallest absolute Gasteiger partial charge is 0.258 e. The molecule has 5 nitrogen and oxygen atoms in total. The molecular weight excluding hydrogens is 306 g/mol. The van der Waals surface area contributed by atoms with E-state index in [9.17, 15) is 4.79 Å². The molecule has 1 aliphatic heterocycles. The molecule has 0 aromatic carbocycles. The monoisotopic (exact) mass is 317 g/mol. The van der Waals surface area contributed by atoms with Gasteiger partial charge in [-0.05, 0) is 27.6 Å². The summed E-state index contributed by atoms with van der Waals surface area (Å²) in [5.41, 5.74) is 0. The molecule has 2 rings (SSSR count). The molecule has 1 aromatic rings. The van der Waals surface area contributed by atoms with Crippen LogP contribution in [0.1, 0.15) is 6.42 Å². The highest BCUT2D eigenvalue weighted by atomic mass is 79.9. The van der Waals surface area contributed by atoms with Crippen molar-refractivity contribution in [2.45, 2.75) is 6.42 Å². The van der Waals surface area contributed by atoms with Crippen LogP contribution >= 0.6 is 28.6 Å². The number of halogens is 1. The predicted octanol–water partition coefficient (Wildman–Crippen LogP) is 1.53. The molecule has 7 heteroatoms. The quantitative estimate of drug-likeness (QED) is 0.859. The first kappa shape index (κ1) is 12.6. The van der Waals surface area contributed by atoms with Gasteiger partial charge in [-0.1, -0.05) is 0 Å². The van der Waals surface area contributed by atoms with Crippen molar-refractivity contribution in [3.8, 4) is 5.88 Å². The first-order valence-corrected chi connectivity index (χ1v) is 6.56. The second kappa shape index (κ2) is 5.22. The molecule has 1 saturated heterocycles. The van der Waals surface area contributed by atoms with Crippen molar-refractivity contribution in [2.24, 2.45) is 5.92 Å². The molecule has 1 unspecified atom stereocenters. The molecule has 0 N–H and O–H groups in total. The molecule has 2 heterocycles. The van der Waals surface area contributed by atoms with Gasteiger partial charge in [-0.15, -0.1) is 0 Å². The lowest BCUT2D eigenvalue weighted by Crippen LogP contribution is -2.26. The highest BCUT2D eigenvalue weighted by molar-refractivity contribution is 9.10. The van der Waals surface area contributed by atoms with Crippen molar-refractivity contribution in [3.63, 3.8) is 0 Å². The topological polar surface area (TPSA) is 55.3 Å². The summed E-state index contributed by atoms with van der Waals surface area (Å²) in [6.45, 7) is 0.620. The van der Waals surface area contributed by atoms with Gasteiger partial charge in [-0.3, -0.25) is 9.69 Å². The number of methoxy groups -OCH3 is 1. The second-order valence-corrected chi connectivity index (χ2v) is 4.96. The van der Waals surface area contributed by atoms with Crippen LogP contribution in [0.3, 0.4) is 0 Å². The lowest BCUT2D eigenvalue weighted by Gasteiger charge is -2.17. The predicted molar refractivity (Wildman–Crippen MR) is 70.6 cm³/mol. The van der Waals surface area contributed by atoms with Gasteiger partial charge in [0.05, 0.1) is 13.3 Å². The van der Waals surface area contributed by atoms with E-state index in [1.165, 1.54) is 7.11 Å². The first-order valence-electron chi connectivity index (χ1n) is 5.13. The molecule has 1 atom stereocenters. The molecule has 0 spiro atoms. The van der Waals surface area contributed by atoms with Crippen LogP contribution in [-0.4, -0.2) is 35.3 Å². The summed E-state index contributed by atoms with van der Waals surface area (Å²) >= 11 is 7.44. The van der Waals surface area contributed by atoms with Crippen molar-refractivity contribution in [1.29, 1.82) is 0 Å². The minimum Gasteiger partial charge on any atom is -0.478 e. The third-order valence-electron chi connectivity index (χ3n) is 2.61. The molecular formula is C10H12BrN3O2S. The van der Waals surface area contributed by atoms with E-state index < -0.39 is 0 Å². The fourth-order valence-corrected chi connectivity index (χ4v) is 2.28. The molecule has 1 aliphatic rings. The summed E-state index contributed by atoms with van der Waals surface area (Å²) in [7, 11) is 1.51. The third-order valence-corrected chi connectivity index (χ3v) is 3.50. The zero-order chi connectivity index (χ0) is 12.4. The van der Waals surface area contributed by atoms with Crippen LogP contribution in [0.4, 0.5) is 5.82 Å². The first-order chi connectivity index (χ1) is 8.15. The molecule has 0 aliphatic carbocycles. The van der Waals surface area contributed by atoms with E-state index in [-0.39, 0.29) is 11.8 Å². The van der Waals surface area contributed by atoms with Crippen LogP contribution < -0.4 is 9.64 Å². The second-order valence-electron chi connectivity index (χ2n) is 3.78. The van der Waals surface area contributed by atoms with Crippen LogP contribution in [0.2, 0.25) is 0 Å². The van der Waals surface area contributed by atoms with Crippen molar-refractivity contribution in [3.05, 3.63) is 10.8 Å². The van der Waals surface area contributed by atoms with E-state index in [0.29, 0.717) is 35.0 Å². The van der Waals surface area contributed by atoms with E-state index >= 15 is 0 Å². The Kier molecular flexibility index (Phi) is 3.88. The Balaban J connectivity index is 2.31. The van der Waals surface area contributed by atoms with Crippen LogP contribution in [0, 0.1) is 5.92 Å². The maximum atomic E-state index is 11.9. The summed E-state index contributed by atoms with van der Waals surface area (Å²) in [5.74, 6) is 1.83. The Bertz CT molecular complexity index is 444. The number of amides is 1. The van der Waals surface area contributed by atoms with E-state index in [2.05, 4.69) is 38.5 Å². The lowest BCUT2D eigenvalue weighted by atomic mass is 10.1. The Morgan fingerprint density at radius 3 is 3.06 bits per heavy atom. The van der Waals surface area contributed by atoms with Gasteiger partial charge in [-0.25, -0.2) is 9.97 Å². The summed E-state index contributed by atoms with van der Waals surface area (Å²) < 4.78 is 5.72. The maximum Gasteiger partial charge on any atom is 0.258 e. The number of aromatic nitrogens is 2. The largest absolute Gasteiger partial charge is 0.478 e. The number of anilines is 1. The van der Waals surface area contributed by atoms with Gasteiger partial charge in [0, 0.05) is 13.0 Å². The van der Waals surface area contributed by atoms with Crippen molar-refractivity contribution >= 4 is 40.3 Å². The number of hydrogen-bond acceptors (Lipinski definition) is 5. The van der Waals surface area contributed by atoms with Gasteiger partial charge < -0.3 is 4.74 Å². The summed E-state index contributed by atoms with van der Waals surface area (Å²) in [4.78, 5) is 21.8. The van der Waals surface area contributed by atoms with E-state index in [1.807, 2.05) is 0 Å². The fourth-order valence-electron chi connectivity index (χ4n) is 1.78. The summed E-state index contributed by atoms with van der Waals surface area (Å²) in [6.07, 6.45) is 2.06. The molecule has 0 radical (unpaired) electrons. The number of nitrogens with zero attached hydrogens (tertiary/aromatic N) is 3. The highest BCUT2D eigenvalue weighted by Crippen LogP contribution is 2.30. The molecule has 1 aromatic heterocycles. The average molecular weight is 318 g/mol. The highest BCUT2D eigenvalue weighted by Gasteiger charge is 2.32. The average Bonchev–Trinajstić information content (AvgIpc) is 2.70. The third kappa shape index (κ3) is 2.55. The molecule has 17 heavy (non-hydrogen) atoms. The number of carbonyl (C=O) groups is 1. The fraction of sp³-hybridized carbons (Fsp3) is 0.500. The molecule has 1 amide bonds. The molecule has 0 bridgehead atoms. The standard InChI is InChI=1S/C10H12BrN3O2S/c1-16-10-9(12-3-7(11)13-10)14-4-6(5-17)2-8(14)15/h3,6,17H,2,4-5H2,1H3. The van der Waals surface area contributed by atoms with Crippen LogP contribution in [0.25, 0.3) is 0 Å². The van der Waals surface area contributed by atoms with Gasteiger partial charge in [0.15, 0.2) is 5.82 Å². The minimum atomic E-state index is 0.0407. The van der Waals surface area contributed by atoms with Crippen molar-refractivity contribution < 1.29 is 9.53 Å². The lowest BCUT2D eigenvalue weighted by molar-refractivity contribution is -0.117. The van der Waals surface area contributed by atoms with Gasteiger partial charge in [0.2, 0.25) is 5.91 Å².